The average molecular weight is 404 g/mol. The van der Waals surface area contributed by atoms with Gasteiger partial charge in [0, 0.05) is 41.0 Å². The molecule has 7 nitrogen and oxygen atoms in total. The van der Waals surface area contributed by atoms with Crippen LogP contribution in [0.3, 0.4) is 0 Å². The van der Waals surface area contributed by atoms with Crippen LogP contribution in [0.5, 0.6) is 5.75 Å². The molecule has 4 rings (SSSR count). The molecule has 0 radical (unpaired) electrons. The van der Waals surface area contributed by atoms with Crippen molar-refractivity contribution >= 4 is 11.7 Å². The highest BCUT2D eigenvalue weighted by molar-refractivity contribution is 6.03. The van der Waals surface area contributed by atoms with Gasteiger partial charge in [-0.15, -0.1) is 0 Å². The van der Waals surface area contributed by atoms with Crippen molar-refractivity contribution in [2.75, 3.05) is 6.61 Å². The minimum absolute atomic E-state index is 0.0238. The number of rotatable bonds is 5. The van der Waals surface area contributed by atoms with Crippen molar-refractivity contribution in [1.82, 2.24) is 10.3 Å². The van der Waals surface area contributed by atoms with Crippen molar-refractivity contribution in [3.8, 4) is 16.9 Å². The fourth-order valence-corrected chi connectivity index (χ4v) is 3.77. The second-order valence-electron chi connectivity index (χ2n) is 7.40. The summed E-state index contributed by atoms with van der Waals surface area (Å²) < 4.78 is 0. The van der Waals surface area contributed by atoms with Crippen LogP contribution in [0.25, 0.3) is 11.1 Å². The Kier molecular flexibility index (Phi) is 5.29. The van der Waals surface area contributed by atoms with Crippen LogP contribution >= 0.6 is 0 Å². The second-order valence-corrected chi connectivity index (χ2v) is 7.40. The predicted molar refractivity (Wildman–Crippen MR) is 115 cm³/mol. The number of H-pyrrole nitrogens is 1. The summed E-state index contributed by atoms with van der Waals surface area (Å²) in [5.74, 6) is 0.602. The number of carbonyl (C=O) groups is 1. The normalized spacial score (nSPS) is 12.7. The Balaban J connectivity index is 1.58. The summed E-state index contributed by atoms with van der Waals surface area (Å²) in [5, 5.41) is 10.5. The minimum Gasteiger partial charge on any atom is -0.384 e. The lowest BCUT2D eigenvalue weighted by Crippen LogP contribution is -2.24. The molecule has 0 saturated carbocycles. The number of nitrogens with one attached hydrogen (secondary N) is 3. The Morgan fingerprint density at radius 2 is 1.93 bits per heavy atom. The van der Waals surface area contributed by atoms with Gasteiger partial charge in [0.25, 0.3) is 5.91 Å². The third kappa shape index (κ3) is 3.79. The molecule has 0 aliphatic carbocycles. The summed E-state index contributed by atoms with van der Waals surface area (Å²) in [4.78, 5) is 26.6. The largest absolute Gasteiger partial charge is 0.384 e. The van der Waals surface area contributed by atoms with Gasteiger partial charge in [0.1, 0.15) is 5.84 Å². The summed E-state index contributed by atoms with van der Waals surface area (Å²) in [6.45, 7) is 4.77. The molecule has 2 heterocycles. The highest BCUT2D eigenvalue weighted by Crippen LogP contribution is 2.34. The number of amides is 1. The second kappa shape index (κ2) is 8.04. The van der Waals surface area contributed by atoms with Gasteiger partial charge in [-0.25, -0.2) is 0 Å². The van der Waals surface area contributed by atoms with E-state index in [1.54, 1.807) is 12.1 Å². The zero-order valence-corrected chi connectivity index (χ0v) is 17.0. The number of benzene rings is 2. The van der Waals surface area contributed by atoms with Gasteiger partial charge in [-0.05, 0) is 37.1 Å². The standard InChI is InChI=1S/C23H24N4O3/c1-13-20(18-7-8-19-17(11-18)9-10-29-30-19)21(14(2)27-13)23(28)26-12-15-3-5-16(6-4-15)22(24)25/h3-8,11,27H,9-10,12H2,1-2H3,(H3,24,25)(H,26,28). The van der Waals surface area contributed by atoms with Gasteiger partial charge in [0.2, 0.25) is 0 Å². The number of fused-ring (bicyclic) bond motifs is 1. The van der Waals surface area contributed by atoms with Crippen LogP contribution in [0.4, 0.5) is 0 Å². The van der Waals surface area contributed by atoms with Crippen LogP contribution in [0, 0.1) is 19.3 Å². The van der Waals surface area contributed by atoms with E-state index in [-0.39, 0.29) is 11.7 Å². The molecule has 1 aromatic heterocycles. The lowest BCUT2D eigenvalue weighted by atomic mass is 9.96. The van der Waals surface area contributed by atoms with Crippen LogP contribution in [-0.4, -0.2) is 23.3 Å². The van der Waals surface area contributed by atoms with Gasteiger partial charge in [0.15, 0.2) is 5.75 Å². The summed E-state index contributed by atoms with van der Waals surface area (Å²) in [6.07, 6.45) is 0.767. The lowest BCUT2D eigenvalue weighted by molar-refractivity contribution is -0.215. The van der Waals surface area contributed by atoms with Crippen LogP contribution in [-0.2, 0) is 17.9 Å². The fraction of sp³-hybridized carbons (Fsp3) is 0.217. The van der Waals surface area contributed by atoms with Gasteiger partial charge >= 0.3 is 0 Å². The van der Waals surface area contributed by atoms with E-state index in [1.165, 1.54) is 0 Å². The zero-order chi connectivity index (χ0) is 21.3. The molecule has 0 atom stereocenters. The number of nitrogens with two attached hydrogens (primary N) is 1. The zero-order valence-electron chi connectivity index (χ0n) is 17.0. The van der Waals surface area contributed by atoms with Crippen LogP contribution in [0.15, 0.2) is 42.5 Å². The number of carbonyl (C=O) groups excluding carboxylic acids is 1. The summed E-state index contributed by atoms with van der Waals surface area (Å²) in [6, 6.07) is 13.2. The molecule has 2 aromatic carbocycles. The van der Waals surface area contributed by atoms with Crippen molar-refractivity contribution in [1.29, 1.82) is 5.41 Å². The highest BCUT2D eigenvalue weighted by Gasteiger charge is 2.22. The molecule has 0 saturated heterocycles. The third-order valence-electron chi connectivity index (χ3n) is 5.27. The molecular formula is C23H24N4O3. The van der Waals surface area contributed by atoms with E-state index >= 15 is 0 Å². The predicted octanol–water partition coefficient (Wildman–Crippen LogP) is 3.38. The van der Waals surface area contributed by atoms with E-state index in [0.717, 1.165) is 45.8 Å². The maximum Gasteiger partial charge on any atom is 0.254 e. The van der Waals surface area contributed by atoms with Crippen molar-refractivity contribution in [2.24, 2.45) is 5.73 Å². The number of aryl methyl sites for hydroxylation is 2. The SMILES string of the molecule is Cc1[nH]c(C)c(-c2ccc3c(c2)CCOO3)c1C(=O)NCc1ccc(C(=N)N)cc1. The van der Waals surface area contributed by atoms with Crippen molar-refractivity contribution < 1.29 is 14.6 Å². The molecule has 30 heavy (non-hydrogen) atoms. The monoisotopic (exact) mass is 404 g/mol. The number of amidine groups is 1. The Labute approximate surface area is 174 Å². The number of aromatic nitrogens is 1. The molecule has 0 bridgehead atoms. The molecule has 3 aromatic rings. The molecule has 1 amide bonds. The molecule has 5 N–H and O–H groups in total. The topological polar surface area (TPSA) is 113 Å². The number of hydrogen-bond donors (Lipinski definition) is 4. The van der Waals surface area contributed by atoms with E-state index in [9.17, 15) is 4.79 Å². The quantitative estimate of drug-likeness (QED) is 0.297. The Morgan fingerprint density at radius 1 is 1.17 bits per heavy atom. The summed E-state index contributed by atoms with van der Waals surface area (Å²) in [5.41, 5.74) is 12.4. The van der Waals surface area contributed by atoms with Crippen molar-refractivity contribution in [3.63, 3.8) is 0 Å². The van der Waals surface area contributed by atoms with Crippen LogP contribution in [0.2, 0.25) is 0 Å². The first-order valence-corrected chi connectivity index (χ1v) is 9.77. The fourth-order valence-electron chi connectivity index (χ4n) is 3.77. The molecule has 0 spiro atoms. The lowest BCUT2D eigenvalue weighted by Gasteiger charge is -2.17. The Bertz CT molecular complexity index is 1120. The molecule has 0 unspecified atom stereocenters. The van der Waals surface area contributed by atoms with E-state index in [4.69, 9.17) is 20.9 Å². The van der Waals surface area contributed by atoms with Crippen molar-refractivity contribution in [2.45, 2.75) is 26.8 Å². The summed E-state index contributed by atoms with van der Waals surface area (Å²) >= 11 is 0. The van der Waals surface area contributed by atoms with E-state index < -0.39 is 0 Å². The summed E-state index contributed by atoms with van der Waals surface area (Å²) in [7, 11) is 0. The van der Waals surface area contributed by atoms with Crippen LogP contribution in [0.1, 0.15) is 38.4 Å². The first kappa shape index (κ1) is 19.7. The van der Waals surface area contributed by atoms with Gasteiger partial charge in [-0.1, -0.05) is 30.3 Å². The van der Waals surface area contributed by atoms with Crippen LogP contribution < -0.4 is 15.9 Å². The van der Waals surface area contributed by atoms with Gasteiger partial charge in [0.05, 0.1) is 12.2 Å². The molecular weight excluding hydrogens is 380 g/mol. The molecule has 0 fully saturated rings. The average Bonchev–Trinajstić information content (AvgIpc) is 3.05. The van der Waals surface area contributed by atoms with E-state index in [0.29, 0.717) is 24.3 Å². The first-order valence-electron chi connectivity index (χ1n) is 9.77. The van der Waals surface area contributed by atoms with E-state index in [2.05, 4.69) is 16.4 Å². The maximum atomic E-state index is 13.1. The number of nitrogen functional groups attached to an aromatic ring is 1. The highest BCUT2D eigenvalue weighted by atomic mass is 17.2. The minimum atomic E-state index is -0.139. The Morgan fingerprint density at radius 3 is 2.67 bits per heavy atom. The first-order chi connectivity index (χ1) is 14.4. The van der Waals surface area contributed by atoms with E-state index in [1.807, 2.05) is 38.1 Å². The van der Waals surface area contributed by atoms with Crippen molar-refractivity contribution in [3.05, 3.63) is 76.1 Å². The van der Waals surface area contributed by atoms with Gasteiger partial charge in [-0.3, -0.25) is 10.2 Å². The van der Waals surface area contributed by atoms with Gasteiger partial charge < -0.3 is 20.9 Å². The smallest absolute Gasteiger partial charge is 0.254 e. The van der Waals surface area contributed by atoms with Gasteiger partial charge in [-0.2, -0.15) is 4.89 Å². The number of hydrogen-bond acceptors (Lipinski definition) is 4. The molecule has 7 heteroatoms. The molecule has 1 aliphatic rings. The number of aromatic amines is 1. The third-order valence-corrected chi connectivity index (χ3v) is 5.27. The maximum absolute atomic E-state index is 13.1. The molecule has 154 valence electrons. The Hall–Kier alpha value is -3.58. The molecule has 1 aliphatic heterocycles.